The molecule has 1 aromatic carbocycles. The normalized spacial score (nSPS) is 11.4. The smallest absolute Gasteiger partial charge is 0.0714 e. The summed E-state index contributed by atoms with van der Waals surface area (Å²) in [5, 5.41) is 0. The van der Waals surface area contributed by atoms with E-state index in [2.05, 4.69) is 24.5 Å². The van der Waals surface area contributed by atoms with Gasteiger partial charge in [-0.2, -0.15) is 0 Å². The monoisotopic (exact) mass is 240 g/mol. The molecule has 1 rings (SSSR count). The fraction of sp³-hybridized carbons (Fsp3) is 0.182. The molecule has 0 unspecified atom stereocenters. The van der Waals surface area contributed by atoms with E-state index in [1.54, 1.807) is 23.5 Å². The van der Waals surface area contributed by atoms with Crippen LogP contribution in [0.25, 0.3) is 4.91 Å². The molecule has 3 heteroatoms. The first-order valence-electron chi connectivity index (χ1n) is 4.17. The lowest BCUT2D eigenvalue weighted by atomic mass is 10.2. The summed E-state index contributed by atoms with van der Waals surface area (Å²) in [7, 11) is 0. The van der Waals surface area contributed by atoms with Crippen molar-refractivity contribution in [2.45, 2.75) is 0 Å². The maximum atomic E-state index is 5.17. The van der Waals surface area contributed by atoms with Gasteiger partial charge in [-0.3, -0.25) is 0 Å². The van der Waals surface area contributed by atoms with Crippen molar-refractivity contribution in [3.63, 3.8) is 0 Å². The van der Waals surface area contributed by atoms with E-state index >= 15 is 0 Å². The van der Waals surface area contributed by atoms with Crippen LogP contribution in [0.4, 0.5) is 0 Å². The Kier molecular flexibility index (Phi) is 5.30. The maximum Gasteiger partial charge on any atom is 0.0714 e. The van der Waals surface area contributed by atoms with E-state index in [1.165, 1.54) is 10.5 Å². The molecular formula is C11H12S3. The highest BCUT2D eigenvalue weighted by Crippen LogP contribution is 2.25. The van der Waals surface area contributed by atoms with Crippen molar-refractivity contribution in [3.05, 3.63) is 42.0 Å². The Bertz CT molecular complexity index is 328. The SMILES string of the molecule is CSC(=S)/C=C(\SC)c1ccccc1. The molecule has 0 aliphatic rings. The fourth-order valence-electron chi connectivity index (χ4n) is 1.03. The summed E-state index contributed by atoms with van der Waals surface area (Å²) in [5.41, 5.74) is 1.23. The lowest BCUT2D eigenvalue weighted by Crippen LogP contribution is -1.84. The Morgan fingerprint density at radius 2 is 1.79 bits per heavy atom. The lowest BCUT2D eigenvalue weighted by Gasteiger charge is -2.03. The van der Waals surface area contributed by atoms with Gasteiger partial charge in [0.05, 0.1) is 4.20 Å². The first-order valence-corrected chi connectivity index (χ1v) is 7.02. The average molecular weight is 240 g/mol. The van der Waals surface area contributed by atoms with Crippen LogP contribution in [0.3, 0.4) is 0 Å². The minimum Gasteiger partial charge on any atom is -0.129 e. The van der Waals surface area contributed by atoms with Crippen LogP contribution in [0, 0.1) is 0 Å². The molecule has 0 aliphatic carbocycles. The molecule has 0 fully saturated rings. The first-order chi connectivity index (χ1) is 6.77. The Morgan fingerprint density at radius 1 is 1.14 bits per heavy atom. The number of thioether (sulfide) groups is 2. The van der Waals surface area contributed by atoms with E-state index in [-0.39, 0.29) is 0 Å². The van der Waals surface area contributed by atoms with E-state index < -0.39 is 0 Å². The van der Waals surface area contributed by atoms with Crippen molar-refractivity contribution < 1.29 is 0 Å². The zero-order valence-corrected chi connectivity index (χ0v) is 10.6. The molecule has 1 aromatic rings. The second-order valence-electron chi connectivity index (χ2n) is 2.60. The summed E-state index contributed by atoms with van der Waals surface area (Å²) in [6, 6.07) is 10.3. The maximum absolute atomic E-state index is 5.17. The van der Waals surface area contributed by atoms with Crippen LogP contribution in [0.2, 0.25) is 0 Å². The minimum absolute atomic E-state index is 0.929. The molecular weight excluding hydrogens is 228 g/mol. The van der Waals surface area contributed by atoms with Crippen LogP contribution in [0.15, 0.2) is 36.4 Å². The Balaban J connectivity index is 2.93. The van der Waals surface area contributed by atoms with Crippen molar-refractivity contribution in [2.24, 2.45) is 0 Å². The molecule has 0 N–H and O–H groups in total. The first kappa shape index (κ1) is 11.8. The second kappa shape index (κ2) is 6.27. The molecule has 0 bridgehead atoms. The van der Waals surface area contributed by atoms with Crippen molar-refractivity contribution in [1.82, 2.24) is 0 Å². The van der Waals surface area contributed by atoms with Crippen molar-refractivity contribution in [1.29, 1.82) is 0 Å². The third-order valence-corrected chi connectivity index (χ3v) is 3.66. The van der Waals surface area contributed by atoms with Gasteiger partial charge in [0.15, 0.2) is 0 Å². The van der Waals surface area contributed by atoms with Crippen LogP contribution in [0.5, 0.6) is 0 Å². The van der Waals surface area contributed by atoms with E-state index in [0.717, 1.165) is 4.20 Å². The molecule has 14 heavy (non-hydrogen) atoms. The molecule has 0 aliphatic heterocycles. The summed E-state index contributed by atoms with van der Waals surface area (Å²) < 4.78 is 0.929. The van der Waals surface area contributed by atoms with E-state index in [4.69, 9.17) is 12.2 Å². The van der Waals surface area contributed by atoms with Crippen molar-refractivity contribution in [2.75, 3.05) is 12.5 Å². The van der Waals surface area contributed by atoms with Gasteiger partial charge in [-0.05, 0) is 24.2 Å². The molecule has 0 saturated carbocycles. The molecule has 74 valence electrons. The molecule has 0 radical (unpaired) electrons. The van der Waals surface area contributed by atoms with Gasteiger partial charge in [-0.1, -0.05) is 42.5 Å². The van der Waals surface area contributed by atoms with Crippen molar-refractivity contribution >= 4 is 44.8 Å². The summed E-state index contributed by atoms with van der Waals surface area (Å²) in [6.07, 6.45) is 6.13. The zero-order chi connectivity index (χ0) is 10.4. The average Bonchev–Trinajstić information content (AvgIpc) is 2.26. The standard InChI is InChI=1S/C11H12S3/c1-13-10(8-11(12)14-2)9-6-4-3-5-7-9/h3-8H,1-2H3/b10-8-. The topological polar surface area (TPSA) is 0 Å². The lowest BCUT2D eigenvalue weighted by molar-refractivity contribution is 1.66. The predicted molar refractivity (Wildman–Crippen MR) is 74.0 cm³/mol. The highest BCUT2D eigenvalue weighted by Gasteiger charge is 1.99. The van der Waals surface area contributed by atoms with Crippen LogP contribution < -0.4 is 0 Å². The van der Waals surface area contributed by atoms with Crippen LogP contribution in [-0.2, 0) is 0 Å². The van der Waals surface area contributed by atoms with E-state index in [9.17, 15) is 0 Å². The van der Waals surface area contributed by atoms with Crippen LogP contribution >= 0.6 is 35.7 Å². The summed E-state index contributed by atoms with van der Waals surface area (Å²) >= 11 is 8.50. The quantitative estimate of drug-likeness (QED) is 0.577. The van der Waals surface area contributed by atoms with Gasteiger partial charge in [-0.25, -0.2) is 0 Å². The fourth-order valence-corrected chi connectivity index (χ4v) is 2.14. The van der Waals surface area contributed by atoms with Gasteiger partial charge in [0.1, 0.15) is 0 Å². The minimum atomic E-state index is 0.929. The number of thiocarbonyl (C=S) groups is 1. The molecule has 0 spiro atoms. The van der Waals surface area contributed by atoms with Gasteiger partial charge in [-0.15, -0.1) is 23.5 Å². The predicted octanol–water partition coefficient (Wildman–Crippen LogP) is 4.08. The number of rotatable bonds is 3. The van der Waals surface area contributed by atoms with Gasteiger partial charge >= 0.3 is 0 Å². The Morgan fingerprint density at radius 3 is 2.29 bits per heavy atom. The number of hydrogen-bond donors (Lipinski definition) is 0. The summed E-state index contributed by atoms with van der Waals surface area (Å²) in [4.78, 5) is 1.23. The summed E-state index contributed by atoms with van der Waals surface area (Å²) in [5.74, 6) is 0. The molecule has 0 aromatic heterocycles. The summed E-state index contributed by atoms with van der Waals surface area (Å²) in [6.45, 7) is 0. The highest BCUT2D eigenvalue weighted by atomic mass is 32.2. The number of hydrogen-bond acceptors (Lipinski definition) is 3. The second-order valence-corrected chi connectivity index (χ2v) is 5.00. The van der Waals surface area contributed by atoms with Crippen LogP contribution in [0.1, 0.15) is 5.56 Å². The molecule has 0 heterocycles. The van der Waals surface area contributed by atoms with E-state index in [0.29, 0.717) is 0 Å². The van der Waals surface area contributed by atoms with Gasteiger partial charge in [0.25, 0.3) is 0 Å². The van der Waals surface area contributed by atoms with Crippen LogP contribution in [-0.4, -0.2) is 16.7 Å². The van der Waals surface area contributed by atoms with Gasteiger partial charge < -0.3 is 0 Å². The van der Waals surface area contributed by atoms with E-state index in [1.807, 2.05) is 24.5 Å². The molecule has 0 saturated heterocycles. The Labute approximate surface area is 99.2 Å². The third kappa shape index (κ3) is 3.48. The molecule has 0 nitrogen and oxygen atoms in total. The third-order valence-electron chi connectivity index (χ3n) is 1.73. The number of benzene rings is 1. The zero-order valence-electron chi connectivity index (χ0n) is 8.19. The van der Waals surface area contributed by atoms with Crippen molar-refractivity contribution in [3.8, 4) is 0 Å². The Hall–Kier alpha value is -0.250. The van der Waals surface area contributed by atoms with Gasteiger partial charge in [0.2, 0.25) is 0 Å². The molecule has 0 amide bonds. The molecule has 0 atom stereocenters. The highest BCUT2D eigenvalue weighted by molar-refractivity contribution is 8.23. The van der Waals surface area contributed by atoms with Gasteiger partial charge in [0, 0.05) is 4.91 Å². The largest absolute Gasteiger partial charge is 0.129 e.